The molecule has 0 saturated heterocycles. The molecule has 1 unspecified atom stereocenters. The second kappa shape index (κ2) is 58.1. The molecule has 0 aromatic carbocycles. The Morgan fingerprint density at radius 3 is 0.942 bits per heavy atom. The zero-order chi connectivity index (χ0) is 49.9. The molecule has 0 spiro atoms. The van der Waals surface area contributed by atoms with E-state index in [0.29, 0.717) is 12.8 Å². The topological polar surface area (TPSA) is 72.8 Å². The Labute approximate surface area is 425 Å². The molecule has 1 N–H and O–H groups in total. The molecule has 0 amide bonds. The summed E-state index contributed by atoms with van der Waals surface area (Å²) in [6.07, 6.45) is 88.1. The predicted octanol–water partition coefficient (Wildman–Crippen LogP) is 19.0. The smallest absolute Gasteiger partial charge is 0.306 e. The molecule has 0 aromatic rings. The summed E-state index contributed by atoms with van der Waals surface area (Å²) in [7, 11) is 0. The molecular formula is C64H102O5. The predicted molar refractivity (Wildman–Crippen MR) is 301 cm³/mol. The Hall–Kier alpha value is -4.22. The second-order valence-corrected chi connectivity index (χ2v) is 17.9. The van der Waals surface area contributed by atoms with E-state index in [-0.39, 0.29) is 25.2 Å². The van der Waals surface area contributed by atoms with Crippen molar-refractivity contribution in [3.63, 3.8) is 0 Å². The van der Waals surface area contributed by atoms with Gasteiger partial charge in [0, 0.05) is 12.8 Å². The molecule has 5 nitrogen and oxygen atoms in total. The molecule has 0 aliphatic carbocycles. The molecule has 0 radical (unpaired) electrons. The van der Waals surface area contributed by atoms with Gasteiger partial charge in [-0.2, -0.15) is 0 Å². The lowest BCUT2D eigenvalue weighted by molar-refractivity contribution is -0.161. The van der Waals surface area contributed by atoms with E-state index in [9.17, 15) is 14.7 Å². The minimum atomic E-state index is -0.792. The number of carbonyl (C=O) groups excluding carboxylic acids is 2. The zero-order valence-electron chi connectivity index (χ0n) is 44.3. The SMILES string of the molecule is CC/C=C\C/C=C\C/C=C\C/C=C\C/C=C\C/C=C\C/C=C\C/C=C\C/C=C\C/C=C\CCCCCCCCCCC(=O)OC(CO)COC(=O)CCCCCCC/C=C\C/C=C\CCCCCC. The van der Waals surface area contributed by atoms with Crippen molar-refractivity contribution in [3.05, 3.63) is 146 Å². The summed E-state index contributed by atoms with van der Waals surface area (Å²) in [5.74, 6) is -0.625. The minimum Gasteiger partial charge on any atom is -0.462 e. The molecular weight excluding hydrogens is 849 g/mol. The lowest BCUT2D eigenvalue weighted by Gasteiger charge is -2.15. The van der Waals surface area contributed by atoms with Gasteiger partial charge in [0.1, 0.15) is 6.61 Å². The average molecular weight is 952 g/mol. The molecule has 0 aliphatic rings. The number of esters is 2. The summed E-state index contributed by atoms with van der Waals surface area (Å²) in [5.41, 5.74) is 0. The largest absolute Gasteiger partial charge is 0.462 e. The van der Waals surface area contributed by atoms with Gasteiger partial charge in [0.15, 0.2) is 6.10 Å². The maximum Gasteiger partial charge on any atom is 0.306 e. The number of hydrogen-bond donors (Lipinski definition) is 1. The van der Waals surface area contributed by atoms with Crippen molar-refractivity contribution < 1.29 is 24.2 Å². The highest BCUT2D eigenvalue weighted by molar-refractivity contribution is 5.70. The van der Waals surface area contributed by atoms with Crippen LogP contribution in [-0.4, -0.2) is 36.4 Å². The number of aliphatic hydroxyl groups excluding tert-OH is 1. The molecule has 69 heavy (non-hydrogen) atoms. The number of aliphatic hydroxyl groups is 1. The van der Waals surface area contributed by atoms with Crippen LogP contribution in [0, 0.1) is 0 Å². The van der Waals surface area contributed by atoms with Gasteiger partial charge < -0.3 is 14.6 Å². The number of carbonyl (C=O) groups is 2. The van der Waals surface area contributed by atoms with Crippen molar-refractivity contribution in [1.29, 1.82) is 0 Å². The third-order valence-electron chi connectivity index (χ3n) is 11.4. The van der Waals surface area contributed by atoms with E-state index < -0.39 is 6.10 Å². The van der Waals surface area contributed by atoms with Gasteiger partial charge in [0.05, 0.1) is 6.61 Å². The van der Waals surface area contributed by atoms with Crippen LogP contribution in [0.5, 0.6) is 0 Å². The van der Waals surface area contributed by atoms with Crippen LogP contribution in [0.2, 0.25) is 0 Å². The third-order valence-corrected chi connectivity index (χ3v) is 11.4. The van der Waals surface area contributed by atoms with Crippen LogP contribution in [0.4, 0.5) is 0 Å². The van der Waals surface area contributed by atoms with E-state index in [2.05, 4.69) is 160 Å². The minimum absolute atomic E-state index is 0.0844. The van der Waals surface area contributed by atoms with E-state index in [0.717, 1.165) is 122 Å². The summed E-state index contributed by atoms with van der Waals surface area (Å²) in [6.45, 7) is 3.98. The molecule has 0 rings (SSSR count). The number of unbranched alkanes of at least 4 members (excludes halogenated alkanes) is 17. The van der Waals surface area contributed by atoms with E-state index in [1.807, 2.05) is 0 Å². The second-order valence-electron chi connectivity index (χ2n) is 17.9. The Morgan fingerprint density at radius 2 is 0.623 bits per heavy atom. The van der Waals surface area contributed by atoms with Crippen molar-refractivity contribution in [1.82, 2.24) is 0 Å². The molecule has 5 heteroatoms. The van der Waals surface area contributed by atoms with E-state index >= 15 is 0 Å². The van der Waals surface area contributed by atoms with Gasteiger partial charge in [-0.25, -0.2) is 0 Å². The quantitative estimate of drug-likeness (QED) is 0.0374. The van der Waals surface area contributed by atoms with Crippen molar-refractivity contribution in [2.24, 2.45) is 0 Å². The molecule has 1 atom stereocenters. The Morgan fingerprint density at radius 1 is 0.348 bits per heavy atom. The molecule has 0 aliphatic heterocycles. The first-order chi connectivity index (χ1) is 34.1. The van der Waals surface area contributed by atoms with Crippen LogP contribution < -0.4 is 0 Å². The molecule has 0 heterocycles. The van der Waals surface area contributed by atoms with Crippen molar-refractivity contribution >= 4 is 11.9 Å². The van der Waals surface area contributed by atoms with Crippen LogP contribution >= 0.6 is 0 Å². The maximum absolute atomic E-state index is 12.3. The monoisotopic (exact) mass is 951 g/mol. The van der Waals surface area contributed by atoms with Crippen LogP contribution in [0.3, 0.4) is 0 Å². The number of hydrogen-bond acceptors (Lipinski definition) is 5. The van der Waals surface area contributed by atoms with Gasteiger partial charge in [0.2, 0.25) is 0 Å². The van der Waals surface area contributed by atoms with E-state index in [1.165, 1.54) is 77.0 Å². The fraction of sp³-hybridized carbons (Fsp3) is 0.594. The summed E-state index contributed by atoms with van der Waals surface area (Å²) in [6, 6.07) is 0. The summed E-state index contributed by atoms with van der Waals surface area (Å²) in [5, 5.41) is 9.63. The molecule has 0 aromatic heterocycles. The molecule has 0 saturated carbocycles. The Balaban J connectivity index is 3.63. The standard InChI is InChI=1S/C64H102O5/c1-3-5-7-9-11-13-15-17-19-21-22-23-24-25-26-27-28-29-30-31-32-33-34-35-36-37-38-39-40-41-42-43-45-47-49-51-53-55-57-59-64(67)69-62(60-65)61-68-63(66)58-56-54-52-50-48-46-44-20-18-16-14-12-10-8-6-4-2/h5,7,11,13-14,16-17,19-20,22-23,25-26,28-29,31-32,34-35,37-38,40-41,44,62,65H,3-4,6,8-10,12,15,18,21,24,27,30,33,36,39,42-43,45-61H2,1-2H3/b7-5-,13-11-,16-14-,19-17-,23-22-,26-25-,29-28-,32-31-,35-34-,38-37-,41-40-,44-20-. The zero-order valence-corrected chi connectivity index (χ0v) is 44.3. The van der Waals surface area contributed by atoms with Crippen LogP contribution in [0.25, 0.3) is 0 Å². The van der Waals surface area contributed by atoms with Crippen LogP contribution in [0.15, 0.2) is 146 Å². The normalized spacial score (nSPS) is 13.4. The van der Waals surface area contributed by atoms with Gasteiger partial charge in [0.25, 0.3) is 0 Å². The highest BCUT2D eigenvalue weighted by Crippen LogP contribution is 2.13. The Bertz CT molecular complexity index is 1490. The number of rotatable bonds is 49. The van der Waals surface area contributed by atoms with Crippen molar-refractivity contribution in [2.45, 2.75) is 232 Å². The molecule has 0 fully saturated rings. The lowest BCUT2D eigenvalue weighted by Crippen LogP contribution is -2.28. The van der Waals surface area contributed by atoms with E-state index in [1.54, 1.807) is 0 Å². The van der Waals surface area contributed by atoms with Gasteiger partial charge in [-0.05, 0) is 122 Å². The molecule has 388 valence electrons. The van der Waals surface area contributed by atoms with Crippen molar-refractivity contribution in [2.75, 3.05) is 13.2 Å². The summed E-state index contributed by atoms with van der Waals surface area (Å²) >= 11 is 0. The third kappa shape index (κ3) is 56.3. The van der Waals surface area contributed by atoms with Gasteiger partial charge >= 0.3 is 11.9 Å². The fourth-order valence-corrected chi connectivity index (χ4v) is 7.20. The first-order valence-corrected chi connectivity index (χ1v) is 27.9. The lowest BCUT2D eigenvalue weighted by atomic mass is 10.1. The van der Waals surface area contributed by atoms with Crippen LogP contribution in [0.1, 0.15) is 226 Å². The Kier molecular flexibility index (Phi) is 54.5. The first kappa shape index (κ1) is 64.8. The summed E-state index contributed by atoms with van der Waals surface area (Å²) < 4.78 is 10.7. The van der Waals surface area contributed by atoms with Gasteiger partial charge in [-0.1, -0.05) is 237 Å². The summed E-state index contributed by atoms with van der Waals surface area (Å²) in [4.78, 5) is 24.5. The molecule has 0 bridgehead atoms. The number of allylic oxidation sites excluding steroid dienone is 24. The maximum atomic E-state index is 12.3. The van der Waals surface area contributed by atoms with Crippen LogP contribution in [-0.2, 0) is 19.1 Å². The fourth-order valence-electron chi connectivity index (χ4n) is 7.20. The van der Waals surface area contributed by atoms with Gasteiger partial charge in [-0.3, -0.25) is 9.59 Å². The average Bonchev–Trinajstić information content (AvgIpc) is 3.35. The highest BCUT2D eigenvalue weighted by atomic mass is 16.6. The van der Waals surface area contributed by atoms with Crippen molar-refractivity contribution in [3.8, 4) is 0 Å². The first-order valence-electron chi connectivity index (χ1n) is 27.9. The highest BCUT2D eigenvalue weighted by Gasteiger charge is 2.16. The van der Waals surface area contributed by atoms with Gasteiger partial charge in [-0.15, -0.1) is 0 Å². The van der Waals surface area contributed by atoms with E-state index in [4.69, 9.17) is 9.47 Å². The number of ether oxygens (including phenoxy) is 2.